The lowest BCUT2D eigenvalue weighted by Crippen LogP contribution is -2.53. The number of piperidine rings is 1. The highest BCUT2D eigenvalue weighted by atomic mass is 16.7. The van der Waals surface area contributed by atoms with E-state index in [0.717, 1.165) is 38.4 Å². The zero-order valence-electron chi connectivity index (χ0n) is 13.3. The molecule has 1 unspecified atom stereocenters. The Bertz CT molecular complexity index is 425. The summed E-state index contributed by atoms with van der Waals surface area (Å²) in [5.41, 5.74) is -0.112. The number of rotatable bonds is 3. The summed E-state index contributed by atoms with van der Waals surface area (Å²) in [4.78, 5) is 8.05. The molecule has 3 saturated heterocycles. The van der Waals surface area contributed by atoms with Gasteiger partial charge in [-0.25, -0.2) is 0 Å². The van der Waals surface area contributed by atoms with Crippen molar-refractivity contribution in [3.8, 4) is 0 Å². The predicted octanol–water partition coefficient (Wildman–Crippen LogP) is 0.970. The van der Waals surface area contributed by atoms with Gasteiger partial charge in [-0.1, -0.05) is 11.6 Å². The normalized spacial score (nSPS) is 39.5. The molecule has 1 N–H and O–H groups in total. The largest absolute Gasteiger partial charge is 0.470 e. The Morgan fingerprint density at radius 2 is 2.18 bits per heavy atom. The van der Waals surface area contributed by atoms with Gasteiger partial charge in [0.2, 0.25) is 5.90 Å². The van der Waals surface area contributed by atoms with Crippen LogP contribution in [0, 0.1) is 5.41 Å². The van der Waals surface area contributed by atoms with E-state index in [1.807, 2.05) is 0 Å². The van der Waals surface area contributed by atoms with Crippen LogP contribution in [0.4, 0.5) is 0 Å². The summed E-state index contributed by atoms with van der Waals surface area (Å²) in [5.74, 6) is 0.774. The molecule has 0 amide bonds. The Morgan fingerprint density at radius 1 is 1.27 bits per heavy atom. The molecule has 0 aliphatic carbocycles. The summed E-state index contributed by atoms with van der Waals surface area (Å²) in [6.07, 6.45) is 6.12. The van der Waals surface area contributed by atoms with Crippen LogP contribution >= 0.6 is 0 Å². The molecule has 0 bridgehead atoms. The van der Waals surface area contributed by atoms with Crippen LogP contribution in [0.1, 0.15) is 32.1 Å². The van der Waals surface area contributed by atoms with Crippen molar-refractivity contribution in [1.82, 2.24) is 10.2 Å². The van der Waals surface area contributed by atoms with Gasteiger partial charge in [-0.15, -0.1) is 0 Å². The van der Waals surface area contributed by atoms with Crippen molar-refractivity contribution in [1.29, 1.82) is 0 Å². The fourth-order valence-electron chi connectivity index (χ4n) is 4.28. The van der Waals surface area contributed by atoms with Gasteiger partial charge in [-0.3, -0.25) is 4.90 Å². The minimum absolute atomic E-state index is 0.100. The van der Waals surface area contributed by atoms with Gasteiger partial charge in [0.15, 0.2) is 6.61 Å². The lowest BCUT2D eigenvalue weighted by atomic mass is 9.78. The van der Waals surface area contributed by atoms with E-state index in [1.165, 1.54) is 32.4 Å². The third-order valence-corrected chi connectivity index (χ3v) is 5.56. The number of oxime groups is 1. The van der Waals surface area contributed by atoms with E-state index in [9.17, 15) is 0 Å². The van der Waals surface area contributed by atoms with Crippen LogP contribution in [0.25, 0.3) is 0 Å². The monoisotopic (exact) mass is 309 g/mol. The van der Waals surface area contributed by atoms with Crippen LogP contribution in [-0.4, -0.2) is 68.9 Å². The van der Waals surface area contributed by atoms with Crippen molar-refractivity contribution >= 4 is 5.90 Å². The molecule has 0 aromatic rings. The zero-order valence-corrected chi connectivity index (χ0v) is 13.3. The number of ether oxygens (including phenoxy) is 2. The number of nitrogens with zero attached hydrogens (tertiary/aromatic N) is 2. The van der Waals surface area contributed by atoms with E-state index in [2.05, 4.69) is 15.4 Å². The Labute approximate surface area is 132 Å². The highest BCUT2D eigenvalue weighted by Crippen LogP contribution is 2.39. The smallest absolute Gasteiger partial charge is 0.236 e. The highest BCUT2D eigenvalue weighted by molar-refractivity contribution is 5.84. The number of fused-ring (bicyclic) bond motifs is 1. The van der Waals surface area contributed by atoms with Crippen LogP contribution in [0.5, 0.6) is 0 Å². The second-order valence-electron chi connectivity index (χ2n) is 7.05. The van der Waals surface area contributed by atoms with Crippen molar-refractivity contribution in [2.75, 3.05) is 46.0 Å². The fourth-order valence-corrected chi connectivity index (χ4v) is 4.28. The van der Waals surface area contributed by atoms with Crippen molar-refractivity contribution < 1.29 is 14.3 Å². The fraction of sp³-hybridized carbons (Fsp3) is 0.938. The Hall–Kier alpha value is -0.850. The van der Waals surface area contributed by atoms with E-state index in [0.29, 0.717) is 19.3 Å². The second kappa shape index (κ2) is 6.34. The molecule has 4 heterocycles. The molecule has 0 aromatic heterocycles. The summed E-state index contributed by atoms with van der Waals surface area (Å²) in [6, 6.07) is 0.414. The number of nitrogens with one attached hydrogen (secondary N) is 1. The molecule has 4 aliphatic rings. The third-order valence-electron chi connectivity index (χ3n) is 5.56. The maximum Gasteiger partial charge on any atom is 0.236 e. The molecule has 22 heavy (non-hydrogen) atoms. The van der Waals surface area contributed by atoms with Crippen LogP contribution in [0.2, 0.25) is 0 Å². The topological polar surface area (TPSA) is 55.3 Å². The lowest BCUT2D eigenvalue weighted by Gasteiger charge is -2.41. The first kappa shape index (κ1) is 14.7. The maximum absolute atomic E-state index is 6.30. The van der Waals surface area contributed by atoms with Gasteiger partial charge in [0.25, 0.3) is 0 Å². The van der Waals surface area contributed by atoms with Gasteiger partial charge in [0.1, 0.15) is 6.10 Å². The Balaban J connectivity index is 1.42. The number of hydrogen-bond acceptors (Lipinski definition) is 6. The molecule has 6 nitrogen and oxygen atoms in total. The van der Waals surface area contributed by atoms with E-state index >= 15 is 0 Å². The van der Waals surface area contributed by atoms with E-state index in [-0.39, 0.29) is 11.5 Å². The van der Waals surface area contributed by atoms with E-state index in [1.54, 1.807) is 0 Å². The molecule has 4 rings (SSSR count). The van der Waals surface area contributed by atoms with Crippen molar-refractivity contribution in [2.24, 2.45) is 10.6 Å². The Morgan fingerprint density at radius 3 is 3.09 bits per heavy atom. The predicted molar refractivity (Wildman–Crippen MR) is 82.8 cm³/mol. The number of likely N-dealkylation sites (tertiary alicyclic amines) is 1. The summed E-state index contributed by atoms with van der Waals surface area (Å²) >= 11 is 0. The Kier molecular flexibility index (Phi) is 4.24. The summed E-state index contributed by atoms with van der Waals surface area (Å²) in [5, 5.41) is 7.87. The molecule has 124 valence electrons. The SMILES string of the molecule is C1CCN(CC2CON=C([C@]34CCN[C@H]3CCOC4)O2)CC1. The van der Waals surface area contributed by atoms with Crippen LogP contribution in [0.15, 0.2) is 5.16 Å². The molecule has 4 aliphatic heterocycles. The first-order valence-electron chi connectivity index (χ1n) is 8.77. The van der Waals surface area contributed by atoms with Crippen molar-refractivity contribution in [2.45, 2.75) is 44.2 Å². The molecule has 3 atom stereocenters. The molecule has 0 aromatic carbocycles. The summed E-state index contributed by atoms with van der Waals surface area (Å²) < 4.78 is 12.1. The minimum atomic E-state index is -0.112. The third kappa shape index (κ3) is 2.72. The van der Waals surface area contributed by atoms with Crippen molar-refractivity contribution in [3.05, 3.63) is 0 Å². The maximum atomic E-state index is 6.30. The highest BCUT2D eigenvalue weighted by Gasteiger charge is 2.52. The van der Waals surface area contributed by atoms with Gasteiger partial charge in [-0.2, -0.15) is 0 Å². The molecule has 0 radical (unpaired) electrons. The molecule has 6 heteroatoms. The molecule has 0 spiro atoms. The molecular weight excluding hydrogens is 282 g/mol. The van der Waals surface area contributed by atoms with E-state index < -0.39 is 0 Å². The van der Waals surface area contributed by atoms with Crippen LogP contribution in [-0.2, 0) is 14.3 Å². The molecule has 3 fully saturated rings. The van der Waals surface area contributed by atoms with Crippen molar-refractivity contribution in [3.63, 3.8) is 0 Å². The average Bonchev–Trinajstić information content (AvgIpc) is 3.01. The van der Waals surface area contributed by atoms with E-state index in [4.69, 9.17) is 14.3 Å². The summed E-state index contributed by atoms with van der Waals surface area (Å²) in [6.45, 7) is 6.42. The zero-order chi connectivity index (χ0) is 14.8. The van der Waals surface area contributed by atoms with Gasteiger partial charge >= 0.3 is 0 Å². The molecular formula is C16H27N3O3. The minimum Gasteiger partial charge on any atom is -0.470 e. The average molecular weight is 309 g/mol. The standard InChI is InChI=1S/C16H27N3O3/c1-2-7-19(8-3-1)10-13-11-21-18-15(22-13)16-5-6-17-14(16)4-9-20-12-16/h13-14,17H,1-12H2/t13?,14-,16-/m0/s1. The van der Waals surface area contributed by atoms with Gasteiger partial charge in [0, 0.05) is 19.2 Å². The van der Waals surface area contributed by atoms with Crippen LogP contribution in [0.3, 0.4) is 0 Å². The lowest BCUT2D eigenvalue weighted by molar-refractivity contribution is -0.0453. The quantitative estimate of drug-likeness (QED) is 0.842. The number of hydrogen-bond donors (Lipinski definition) is 1. The van der Waals surface area contributed by atoms with Crippen LogP contribution < -0.4 is 5.32 Å². The van der Waals surface area contributed by atoms with Gasteiger partial charge < -0.3 is 19.6 Å². The molecule has 0 saturated carbocycles. The first-order valence-corrected chi connectivity index (χ1v) is 8.77. The van der Waals surface area contributed by atoms with Gasteiger partial charge in [-0.05, 0) is 45.3 Å². The second-order valence-corrected chi connectivity index (χ2v) is 7.05. The first-order chi connectivity index (χ1) is 10.9. The summed E-state index contributed by atoms with van der Waals surface area (Å²) in [7, 11) is 0. The van der Waals surface area contributed by atoms with Gasteiger partial charge in [0.05, 0.1) is 12.0 Å².